The third-order valence-electron chi connectivity index (χ3n) is 3.56. The minimum absolute atomic E-state index is 0.0211. The van der Waals surface area contributed by atoms with E-state index in [1.807, 2.05) is 0 Å². The van der Waals surface area contributed by atoms with Crippen molar-refractivity contribution < 1.29 is 22.7 Å². The molecule has 1 aromatic rings. The normalized spacial score (nSPS) is 14.9. The number of sulfonamides is 1. The van der Waals surface area contributed by atoms with Crippen molar-refractivity contribution >= 4 is 38.4 Å². The van der Waals surface area contributed by atoms with E-state index in [9.17, 15) is 18.0 Å². The van der Waals surface area contributed by atoms with Gasteiger partial charge in [0.1, 0.15) is 0 Å². The molecule has 0 aliphatic carbocycles. The van der Waals surface area contributed by atoms with Crippen molar-refractivity contribution in [2.45, 2.75) is 39.7 Å². The summed E-state index contributed by atoms with van der Waals surface area (Å²) in [5, 5.41) is 3.09. The van der Waals surface area contributed by atoms with Crippen molar-refractivity contribution in [1.29, 1.82) is 0 Å². The van der Waals surface area contributed by atoms with Gasteiger partial charge in [0.15, 0.2) is 5.13 Å². The van der Waals surface area contributed by atoms with Crippen molar-refractivity contribution in [3.63, 3.8) is 0 Å². The van der Waals surface area contributed by atoms with E-state index < -0.39 is 16.0 Å². The van der Waals surface area contributed by atoms with Gasteiger partial charge >= 0.3 is 5.97 Å². The highest BCUT2D eigenvalue weighted by Crippen LogP contribution is 2.29. The molecule has 10 heteroatoms. The molecule has 0 bridgehead atoms. The van der Waals surface area contributed by atoms with Crippen LogP contribution in [-0.4, -0.2) is 48.5 Å². The molecule has 1 aliphatic rings. The van der Waals surface area contributed by atoms with Gasteiger partial charge in [-0.2, -0.15) is 4.31 Å². The van der Waals surface area contributed by atoms with Gasteiger partial charge < -0.3 is 10.1 Å². The van der Waals surface area contributed by atoms with Crippen molar-refractivity contribution in [3.8, 4) is 0 Å². The maximum absolute atomic E-state index is 11.9. The third-order valence-corrected chi connectivity index (χ3v) is 6.39. The Kier molecular flexibility index (Phi) is 6.30. The molecule has 1 N–H and O–H groups in total. The highest BCUT2D eigenvalue weighted by atomic mass is 32.2. The summed E-state index contributed by atoms with van der Waals surface area (Å²) in [4.78, 5) is 28.3. The lowest BCUT2D eigenvalue weighted by molar-refractivity contribution is -0.144. The largest absolute Gasteiger partial charge is 0.466 e. The maximum atomic E-state index is 11.9. The van der Waals surface area contributed by atoms with Gasteiger partial charge in [-0.15, -0.1) is 11.3 Å². The van der Waals surface area contributed by atoms with Gasteiger partial charge in [-0.05, 0) is 13.8 Å². The summed E-state index contributed by atoms with van der Waals surface area (Å²) in [5.41, 5.74) is 0.822. The molecular formula is C14H21N3O5S2. The molecule has 0 radical (unpaired) electrons. The average molecular weight is 375 g/mol. The predicted molar refractivity (Wildman–Crippen MR) is 90.2 cm³/mol. The van der Waals surface area contributed by atoms with Gasteiger partial charge in [0.2, 0.25) is 15.9 Å². The number of nitrogens with zero attached hydrogens (tertiary/aromatic N) is 2. The Morgan fingerprint density at radius 3 is 2.75 bits per heavy atom. The van der Waals surface area contributed by atoms with Gasteiger partial charge in [-0.3, -0.25) is 9.59 Å². The Labute approximate surface area is 145 Å². The van der Waals surface area contributed by atoms with E-state index in [0.717, 1.165) is 10.6 Å². The molecule has 0 atom stereocenters. The minimum atomic E-state index is -3.23. The summed E-state index contributed by atoms with van der Waals surface area (Å²) in [6, 6.07) is 0. The molecule has 0 fully saturated rings. The van der Waals surface area contributed by atoms with Crippen molar-refractivity contribution in [3.05, 3.63) is 10.6 Å². The minimum Gasteiger partial charge on any atom is -0.466 e. The topological polar surface area (TPSA) is 106 Å². The van der Waals surface area contributed by atoms with Gasteiger partial charge in [-0.1, -0.05) is 0 Å². The number of rotatable bonds is 7. The van der Waals surface area contributed by atoms with E-state index in [1.54, 1.807) is 13.8 Å². The second-order valence-corrected chi connectivity index (χ2v) is 8.57. The molecule has 2 heterocycles. The molecule has 0 saturated carbocycles. The first-order valence-corrected chi connectivity index (χ1v) is 10.2. The van der Waals surface area contributed by atoms with Crippen LogP contribution in [0.5, 0.6) is 0 Å². The molecule has 24 heavy (non-hydrogen) atoms. The standard InChI is InChI=1S/C14H21N3O5S2/c1-3-22-13(19)6-5-12(18)16-14-15-10-7-8-17(9-11(10)23-14)24(20,21)4-2/h3-9H2,1-2H3,(H,15,16,18). The molecule has 1 aliphatic heterocycles. The first-order chi connectivity index (χ1) is 11.4. The monoisotopic (exact) mass is 375 g/mol. The molecule has 0 unspecified atom stereocenters. The number of hydrogen-bond donors (Lipinski definition) is 1. The van der Waals surface area contributed by atoms with Crippen LogP contribution < -0.4 is 5.32 Å². The summed E-state index contributed by atoms with van der Waals surface area (Å²) in [6.45, 7) is 4.31. The highest BCUT2D eigenvalue weighted by Gasteiger charge is 2.28. The first-order valence-electron chi connectivity index (χ1n) is 7.77. The summed E-state index contributed by atoms with van der Waals surface area (Å²) >= 11 is 1.27. The quantitative estimate of drug-likeness (QED) is 0.716. The van der Waals surface area contributed by atoms with Crippen molar-refractivity contribution in [1.82, 2.24) is 9.29 Å². The second-order valence-electron chi connectivity index (χ2n) is 5.23. The zero-order chi connectivity index (χ0) is 17.7. The molecule has 1 amide bonds. The number of thiazole rings is 1. The average Bonchev–Trinajstić information content (AvgIpc) is 2.94. The molecule has 0 spiro atoms. The van der Waals surface area contributed by atoms with E-state index in [-0.39, 0.29) is 31.1 Å². The smallest absolute Gasteiger partial charge is 0.306 e. The van der Waals surface area contributed by atoms with Crippen LogP contribution in [0.1, 0.15) is 37.3 Å². The van der Waals surface area contributed by atoms with Gasteiger partial charge in [0.25, 0.3) is 0 Å². The molecule has 0 aromatic carbocycles. The van der Waals surface area contributed by atoms with Crippen LogP contribution in [-0.2, 0) is 37.3 Å². The maximum Gasteiger partial charge on any atom is 0.306 e. The Hall–Kier alpha value is -1.52. The number of nitrogens with one attached hydrogen (secondary N) is 1. The number of fused-ring (bicyclic) bond motifs is 1. The van der Waals surface area contributed by atoms with E-state index in [0.29, 0.717) is 24.6 Å². The number of ether oxygens (including phenoxy) is 1. The second kappa shape index (κ2) is 8.04. The summed E-state index contributed by atoms with van der Waals surface area (Å²) in [5.74, 6) is -0.655. The zero-order valence-electron chi connectivity index (χ0n) is 13.7. The van der Waals surface area contributed by atoms with E-state index >= 15 is 0 Å². The number of carbonyl (C=O) groups is 2. The van der Waals surface area contributed by atoms with Crippen molar-refractivity contribution in [2.75, 3.05) is 24.2 Å². The van der Waals surface area contributed by atoms with Crippen LogP contribution >= 0.6 is 11.3 Å². The van der Waals surface area contributed by atoms with Gasteiger partial charge in [0.05, 0.1) is 24.5 Å². The molecular weight excluding hydrogens is 354 g/mol. The van der Waals surface area contributed by atoms with E-state index in [4.69, 9.17) is 4.74 Å². The Morgan fingerprint density at radius 1 is 1.33 bits per heavy atom. The van der Waals surface area contributed by atoms with Crippen LogP contribution in [0.25, 0.3) is 0 Å². The lowest BCUT2D eigenvalue weighted by atomic mass is 10.2. The molecule has 1 aromatic heterocycles. The fraction of sp³-hybridized carbons (Fsp3) is 0.643. The van der Waals surface area contributed by atoms with E-state index in [2.05, 4.69) is 10.3 Å². The Morgan fingerprint density at radius 2 is 2.08 bits per heavy atom. The zero-order valence-corrected chi connectivity index (χ0v) is 15.3. The summed E-state index contributed by atoms with van der Waals surface area (Å²) < 4.78 is 30.1. The van der Waals surface area contributed by atoms with Crippen LogP contribution in [0.4, 0.5) is 5.13 Å². The van der Waals surface area contributed by atoms with E-state index in [1.165, 1.54) is 15.6 Å². The lowest BCUT2D eigenvalue weighted by Gasteiger charge is -2.24. The Bertz CT molecular complexity index is 714. The van der Waals surface area contributed by atoms with Crippen molar-refractivity contribution in [2.24, 2.45) is 0 Å². The Balaban J connectivity index is 1.94. The highest BCUT2D eigenvalue weighted by molar-refractivity contribution is 7.89. The van der Waals surface area contributed by atoms with Crippen LogP contribution in [0.15, 0.2) is 0 Å². The number of aromatic nitrogens is 1. The number of amides is 1. The first kappa shape index (κ1) is 18.8. The lowest BCUT2D eigenvalue weighted by Crippen LogP contribution is -2.36. The van der Waals surface area contributed by atoms with Crippen LogP contribution in [0.3, 0.4) is 0 Å². The number of esters is 1. The van der Waals surface area contributed by atoms with Crippen LogP contribution in [0.2, 0.25) is 0 Å². The molecule has 8 nitrogen and oxygen atoms in total. The fourth-order valence-corrected chi connectivity index (χ4v) is 4.46. The number of carbonyl (C=O) groups excluding carboxylic acids is 2. The SMILES string of the molecule is CCOC(=O)CCC(=O)Nc1nc2c(s1)CN(S(=O)(=O)CC)CC2. The van der Waals surface area contributed by atoms with Gasteiger partial charge in [-0.25, -0.2) is 13.4 Å². The van der Waals surface area contributed by atoms with Gasteiger partial charge in [0, 0.05) is 30.8 Å². The predicted octanol–water partition coefficient (Wildman–Crippen LogP) is 1.13. The third kappa shape index (κ3) is 4.74. The fourth-order valence-electron chi connectivity index (χ4n) is 2.28. The summed E-state index contributed by atoms with van der Waals surface area (Å²) in [6.07, 6.45) is 0.580. The number of hydrogen-bond acceptors (Lipinski definition) is 7. The number of anilines is 1. The molecule has 134 valence electrons. The summed E-state index contributed by atoms with van der Waals surface area (Å²) in [7, 11) is -3.23. The molecule has 2 rings (SSSR count). The molecule has 0 saturated heterocycles. The van der Waals surface area contributed by atoms with Crippen LogP contribution in [0, 0.1) is 0 Å².